The van der Waals surface area contributed by atoms with E-state index in [1.54, 1.807) is 0 Å². The second kappa shape index (κ2) is 11.3. The minimum absolute atomic E-state index is 0.0444. The van der Waals surface area contributed by atoms with Gasteiger partial charge in [-0.2, -0.15) is 0 Å². The van der Waals surface area contributed by atoms with Crippen LogP contribution in [0.2, 0.25) is 0 Å². The molecule has 2 heteroatoms. The lowest BCUT2D eigenvalue weighted by atomic mass is 9.94. The third kappa shape index (κ3) is 8.01. The van der Waals surface area contributed by atoms with Crippen molar-refractivity contribution < 1.29 is 9.47 Å². The van der Waals surface area contributed by atoms with Crippen LogP contribution in [0.1, 0.15) is 72.3 Å². The highest BCUT2D eigenvalue weighted by Crippen LogP contribution is 2.24. The van der Waals surface area contributed by atoms with Crippen molar-refractivity contribution in [3.63, 3.8) is 0 Å². The second-order valence-corrected chi connectivity index (χ2v) is 6.78. The van der Waals surface area contributed by atoms with Gasteiger partial charge in [-0.15, -0.1) is 0 Å². The summed E-state index contributed by atoms with van der Waals surface area (Å²) in [6, 6.07) is 8.41. The zero-order chi connectivity index (χ0) is 17.8. The average molecular weight is 333 g/mol. The number of ether oxygens (including phenoxy) is 2. The van der Waals surface area contributed by atoms with Crippen LogP contribution in [-0.4, -0.2) is 18.8 Å². The molecule has 0 aliphatic rings. The highest BCUT2D eigenvalue weighted by atomic mass is 16.5. The first-order chi connectivity index (χ1) is 11.5. The molecule has 0 spiro atoms. The van der Waals surface area contributed by atoms with Gasteiger partial charge in [0.05, 0.1) is 12.2 Å². The minimum atomic E-state index is 0.0444. The van der Waals surface area contributed by atoms with Gasteiger partial charge in [-0.3, -0.25) is 0 Å². The zero-order valence-corrected chi connectivity index (χ0v) is 16.4. The molecule has 0 saturated carbocycles. The molecule has 0 saturated heterocycles. The van der Waals surface area contributed by atoms with Crippen molar-refractivity contribution in [2.75, 3.05) is 13.2 Å². The van der Waals surface area contributed by atoms with Crippen LogP contribution in [0.25, 0.3) is 0 Å². The van der Waals surface area contributed by atoms with E-state index < -0.39 is 0 Å². The average Bonchev–Trinajstić information content (AvgIpc) is 2.59. The number of hydrogen-bond acceptors (Lipinski definition) is 2. The van der Waals surface area contributed by atoms with Crippen LogP contribution >= 0.6 is 0 Å². The van der Waals surface area contributed by atoms with E-state index >= 15 is 0 Å². The smallest absolute Gasteiger partial charge is 0.119 e. The van der Waals surface area contributed by atoms with Gasteiger partial charge in [0, 0.05) is 6.61 Å². The summed E-state index contributed by atoms with van der Waals surface area (Å²) in [5, 5.41) is 0. The van der Waals surface area contributed by atoms with Gasteiger partial charge < -0.3 is 9.47 Å². The summed E-state index contributed by atoms with van der Waals surface area (Å²) in [7, 11) is 0. The molecule has 0 fully saturated rings. The second-order valence-electron chi connectivity index (χ2n) is 6.78. The summed E-state index contributed by atoms with van der Waals surface area (Å²) in [5.74, 6) is 0.966. The molecule has 0 bridgehead atoms. The molecule has 1 aromatic rings. The van der Waals surface area contributed by atoms with E-state index in [2.05, 4.69) is 65.0 Å². The number of benzene rings is 1. The van der Waals surface area contributed by atoms with Crippen molar-refractivity contribution >= 4 is 0 Å². The van der Waals surface area contributed by atoms with Gasteiger partial charge in [-0.25, -0.2) is 0 Å². The Labute approximate surface area is 149 Å². The number of aryl methyl sites for hydroxylation is 1. The Bertz CT molecular complexity index is 475. The van der Waals surface area contributed by atoms with Crippen LogP contribution in [0.3, 0.4) is 0 Å². The molecule has 0 aliphatic heterocycles. The van der Waals surface area contributed by atoms with Gasteiger partial charge in [0.15, 0.2) is 0 Å². The topological polar surface area (TPSA) is 18.5 Å². The van der Waals surface area contributed by atoms with E-state index in [0.29, 0.717) is 0 Å². The van der Waals surface area contributed by atoms with Gasteiger partial charge in [-0.05, 0) is 77.0 Å². The van der Waals surface area contributed by atoms with Crippen LogP contribution in [0.4, 0.5) is 0 Å². The molecule has 0 radical (unpaired) electrons. The first kappa shape index (κ1) is 20.8. The van der Waals surface area contributed by atoms with E-state index in [4.69, 9.17) is 9.47 Å². The van der Waals surface area contributed by atoms with E-state index in [-0.39, 0.29) is 5.60 Å². The first-order valence-corrected chi connectivity index (χ1v) is 9.54. The van der Waals surface area contributed by atoms with Crippen LogP contribution < -0.4 is 4.74 Å². The molecule has 0 heterocycles. The fourth-order valence-electron chi connectivity index (χ4n) is 2.85. The standard InChI is InChI=1S/C22H36O2/c1-6-20-13-15-21(16-14-20)23-18-10-12-19(4)11-9-17-22(5,7-2)24-8-3/h12-16H,6-11,17-18H2,1-5H3. The lowest BCUT2D eigenvalue weighted by molar-refractivity contribution is -0.0348. The summed E-state index contributed by atoms with van der Waals surface area (Å²) in [6.07, 6.45) is 8.89. The largest absolute Gasteiger partial charge is 0.493 e. The summed E-state index contributed by atoms with van der Waals surface area (Å²) >= 11 is 0. The Morgan fingerprint density at radius 2 is 1.83 bits per heavy atom. The molecule has 1 unspecified atom stereocenters. The normalized spacial score (nSPS) is 14.5. The third-order valence-corrected chi connectivity index (χ3v) is 4.73. The molecular weight excluding hydrogens is 296 g/mol. The molecule has 0 N–H and O–H groups in total. The molecule has 1 aromatic carbocycles. The Morgan fingerprint density at radius 1 is 1.12 bits per heavy atom. The molecule has 0 aromatic heterocycles. The molecule has 2 nitrogen and oxygen atoms in total. The quantitative estimate of drug-likeness (QED) is 0.328. The van der Waals surface area contributed by atoms with E-state index in [9.17, 15) is 0 Å². The van der Waals surface area contributed by atoms with Crippen LogP contribution in [0.5, 0.6) is 5.75 Å². The number of hydrogen-bond donors (Lipinski definition) is 0. The van der Waals surface area contributed by atoms with Crippen molar-refractivity contribution in [2.24, 2.45) is 0 Å². The van der Waals surface area contributed by atoms with Gasteiger partial charge in [0.25, 0.3) is 0 Å². The maximum absolute atomic E-state index is 5.88. The lowest BCUT2D eigenvalue weighted by Crippen LogP contribution is -2.27. The summed E-state index contributed by atoms with van der Waals surface area (Å²) in [5.41, 5.74) is 2.85. The molecule has 1 rings (SSSR count). The van der Waals surface area contributed by atoms with E-state index in [0.717, 1.165) is 51.1 Å². The van der Waals surface area contributed by atoms with Crippen LogP contribution in [0, 0.1) is 0 Å². The molecule has 0 aliphatic carbocycles. The van der Waals surface area contributed by atoms with Crippen molar-refractivity contribution in [1.29, 1.82) is 0 Å². The summed E-state index contributed by atoms with van der Waals surface area (Å²) in [4.78, 5) is 0. The molecule has 1 atom stereocenters. The van der Waals surface area contributed by atoms with Gasteiger partial charge >= 0.3 is 0 Å². The molecule has 24 heavy (non-hydrogen) atoms. The Morgan fingerprint density at radius 3 is 2.42 bits per heavy atom. The van der Waals surface area contributed by atoms with Gasteiger partial charge in [0.1, 0.15) is 5.75 Å². The third-order valence-electron chi connectivity index (χ3n) is 4.73. The predicted molar refractivity (Wildman–Crippen MR) is 104 cm³/mol. The van der Waals surface area contributed by atoms with Gasteiger partial charge in [0.2, 0.25) is 0 Å². The maximum Gasteiger partial charge on any atom is 0.119 e. The minimum Gasteiger partial charge on any atom is -0.493 e. The SMILES string of the molecule is CCOC(C)(CC)CCCC(C)=CCCOc1ccc(CC)cc1. The highest BCUT2D eigenvalue weighted by molar-refractivity contribution is 5.27. The van der Waals surface area contributed by atoms with Crippen molar-refractivity contribution in [3.05, 3.63) is 41.5 Å². The van der Waals surface area contributed by atoms with Crippen molar-refractivity contribution in [1.82, 2.24) is 0 Å². The molecular formula is C22H36O2. The lowest BCUT2D eigenvalue weighted by Gasteiger charge is -2.28. The van der Waals surface area contributed by atoms with Crippen LogP contribution in [-0.2, 0) is 11.2 Å². The Kier molecular flexibility index (Phi) is 9.78. The summed E-state index contributed by atoms with van der Waals surface area (Å²) in [6.45, 7) is 12.5. The van der Waals surface area contributed by atoms with E-state index in [1.807, 2.05) is 0 Å². The molecule has 136 valence electrons. The number of rotatable bonds is 12. The summed E-state index contributed by atoms with van der Waals surface area (Å²) < 4.78 is 11.7. The Hall–Kier alpha value is -1.28. The van der Waals surface area contributed by atoms with Crippen molar-refractivity contribution in [3.8, 4) is 5.75 Å². The number of allylic oxidation sites excluding steroid dienone is 1. The van der Waals surface area contributed by atoms with E-state index in [1.165, 1.54) is 17.6 Å². The maximum atomic E-state index is 5.88. The monoisotopic (exact) mass is 332 g/mol. The first-order valence-electron chi connectivity index (χ1n) is 9.54. The highest BCUT2D eigenvalue weighted by Gasteiger charge is 2.21. The van der Waals surface area contributed by atoms with Crippen LogP contribution in [0.15, 0.2) is 35.9 Å². The fraction of sp³-hybridized carbons (Fsp3) is 0.636. The van der Waals surface area contributed by atoms with Gasteiger partial charge in [-0.1, -0.05) is 37.6 Å². The van der Waals surface area contributed by atoms with Crippen molar-refractivity contribution in [2.45, 2.75) is 78.7 Å². The predicted octanol–water partition coefficient (Wildman–Crippen LogP) is 6.34. The Balaban J connectivity index is 2.24. The zero-order valence-electron chi connectivity index (χ0n) is 16.4. The molecule has 0 amide bonds. The fourth-order valence-corrected chi connectivity index (χ4v) is 2.85.